The molecule has 2 rings (SSSR count). The zero-order chi connectivity index (χ0) is 14.6. The first-order valence-electron chi connectivity index (χ1n) is 6.84. The van der Waals surface area contributed by atoms with Gasteiger partial charge in [0.25, 0.3) is 0 Å². The van der Waals surface area contributed by atoms with Crippen LogP contribution in [0, 0.1) is 0 Å². The molecule has 0 fully saturated rings. The fraction of sp³-hybridized carbons (Fsp3) is 0.294. The first kappa shape index (κ1) is 15.4. The minimum atomic E-state index is -0.440. The normalized spacial score (nSPS) is 14.0. The van der Waals surface area contributed by atoms with E-state index in [4.69, 9.17) is 28.9 Å². The highest BCUT2D eigenvalue weighted by atomic mass is 35.5. The molecule has 1 nitrogen and oxygen atoms in total. The first-order valence-corrected chi connectivity index (χ1v) is 7.60. The van der Waals surface area contributed by atoms with Crippen molar-refractivity contribution < 1.29 is 0 Å². The molecule has 3 heteroatoms. The molecule has 0 bridgehead atoms. The van der Waals surface area contributed by atoms with Crippen LogP contribution >= 0.6 is 23.2 Å². The average Bonchev–Trinajstić information content (AvgIpc) is 2.44. The lowest BCUT2D eigenvalue weighted by atomic mass is 9.81. The fourth-order valence-electron chi connectivity index (χ4n) is 2.57. The predicted octanol–water partition coefficient (Wildman–Crippen LogP) is 5.19. The van der Waals surface area contributed by atoms with E-state index >= 15 is 0 Å². The third-order valence-electron chi connectivity index (χ3n) is 3.60. The highest BCUT2D eigenvalue weighted by Crippen LogP contribution is 2.34. The first-order chi connectivity index (χ1) is 9.57. The summed E-state index contributed by atoms with van der Waals surface area (Å²) in [7, 11) is 0. The van der Waals surface area contributed by atoms with Crippen molar-refractivity contribution in [1.29, 1.82) is 0 Å². The van der Waals surface area contributed by atoms with Crippen molar-refractivity contribution in [2.24, 2.45) is 5.73 Å². The van der Waals surface area contributed by atoms with Gasteiger partial charge in [0, 0.05) is 15.6 Å². The molecule has 0 amide bonds. The van der Waals surface area contributed by atoms with Gasteiger partial charge in [0.15, 0.2) is 0 Å². The highest BCUT2D eigenvalue weighted by molar-refractivity contribution is 6.36. The van der Waals surface area contributed by atoms with E-state index in [0.29, 0.717) is 16.5 Å². The Morgan fingerprint density at radius 1 is 0.950 bits per heavy atom. The lowest BCUT2D eigenvalue weighted by molar-refractivity contribution is 0.401. The zero-order valence-electron chi connectivity index (χ0n) is 11.6. The molecule has 0 saturated carbocycles. The number of halogens is 2. The van der Waals surface area contributed by atoms with Gasteiger partial charge in [-0.1, -0.05) is 72.9 Å². The average molecular weight is 308 g/mol. The Morgan fingerprint density at radius 2 is 1.55 bits per heavy atom. The van der Waals surface area contributed by atoms with Crippen LogP contribution in [0.3, 0.4) is 0 Å². The molecular formula is C17H19Cl2N. The number of hydrogen-bond acceptors (Lipinski definition) is 1. The van der Waals surface area contributed by atoms with Crippen LogP contribution in [-0.4, -0.2) is 0 Å². The Labute approximate surface area is 130 Å². The van der Waals surface area contributed by atoms with Crippen molar-refractivity contribution in [2.45, 2.75) is 31.7 Å². The summed E-state index contributed by atoms with van der Waals surface area (Å²) >= 11 is 12.6. The SMILES string of the molecule is CCCC(N)(Cc1c(Cl)cccc1Cl)c1ccccc1. The molecule has 2 N–H and O–H groups in total. The van der Waals surface area contributed by atoms with Crippen LogP contribution in [0.25, 0.3) is 0 Å². The van der Waals surface area contributed by atoms with E-state index in [1.807, 2.05) is 36.4 Å². The zero-order valence-corrected chi connectivity index (χ0v) is 13.1. The van der Waals surface area contributed by atoms with Crippen LogP contribution in [0.2, 0.25) is 10.0 Å². The molecule has 0 aliphatic carbocycles. The van der Waals surface area contributed by atoms with Gasteiger partial charge in [-0.25, -0.2) is 0 Å². The molecule has 1 unspecified atom stereocenters. The smallest absolute Gasteiger partial charge is 0.0453 e. The van der Waals surface area contributed by atoms with E-state index in [1.54, 1.807) is 0 Å². The van der Waals surface area contributed by atoms with Crippen LogP contribution in [0.15, 0.2) is 48.5 Å². The van der Waals surface area contributed by atoms with Crippen LogP contribution in [0.5, 0.6) is 0 Å². The lowest BCUT2D eigenvalue weighted by Gasteiger charge is -2.31. The van der Waals surface area contributed by atoms with Gasteiger partial charge in [-0.15, -0.1) is 0 Å². The molecule has 20 heavy (non-hydrogen) atoms. The third-order valence-corrected chi connectivity index (χ3v) is 4.31. The van der Waals surface area contributed by atoms with E-state index < -0.39 is 5.54 Å². The van der Waals surface area contributed by atoms with E-state index in [1.165, 1.54) is 0 Å². The van der Waals surface area contributed by atoms with Crippen LogP contribution in [0.4, 0.5) is 0 Å². The topological polar surface area (TPSA) is 26.0 Å². The Morgan fingerprint density at radius 3 is 2.10 bits per heavy atom. The lowest BCUT2D eigenvalue weighted by Crippen LogP contribution is -2.39. The Bertz CT molecular complexity index is 548. The van der Waals surface area contributed by atoms with Crippen molar-refractivity contribution >= 4 is 23.2 Å². The highest BCUT2D eigenvalue weighted by Gasteiger charge is 2.28. The molecule has 0 aliphatic rings. The molecule has 2 aromatic rings. The molecule has 1 atom stereocenters. The van der Waals surface area contributed by atoms with Crippen molar-refractivity contribution in [3.63, 3.8) is 0 Å². The van der Waals surface area contributed by atoms with Gasteiger partial charge >= 0.3 is 0 Å². The molecule has 0 saturated heterocycles. The minimum absolute atomic E-state index is 0.440. The molecular weight excluding hydrogens is 289 g/mol. The largest absolute Gasteiger partial charge is 0.321 e. The van der Waals surface area contributed by atoms with Gasteiger partial charge in [-0.05, 0) is 36.1 Å². The maximum Gasteiger partial charge on any atom is 0.0453 e. The molecule has 106 valence electrons. The summed E-state index contributed by atoms with van der Waals surface area (Å²) < 4.78 is 0. The Kier molecular flexibility index (Phi) is 5.09. The van der Waals surface area contributed by atoms with Crippen molar-refractivity contribution in [2.75, 3.05) is 0 Å². The summed E-state index contributed by atoms with van der Waals surface area (Å²) in [5.74, 6) is 0. The van der Waals surface area contributed by atoms with Gasteiger partial charge in [0.2, 0.25) is 0 Å². The van der Waals surface area contributed by atoms with Gasteiger partial charge < -0.3 is 5.73 Å². The van der Waals surface area contributed by atoms with Crippen molar-refractivity contribution in [3.05, 3.63) is 69.7 Å². The molecule has 2 aromatic carbocycles. The fourth-order valence-corrected chi connectivity index (χ4v) is 3.10. The molecule has 0 radical (unpaired) electrons. The van der Waals surface area contributed by atoms with Crippen LogP contribution in [0.1, 0.15) is 30.9 Å². The monoisotopic (exact) mass is 307 g/mol. The number of hydrogen-bond donors (Lipinski definition) is 1. The maximum absolute atomic E-state index is 6.68. The van der Waals surface area contributed by atoms with Gasteiger partial charge in [-0.2, -0.15) is 0 Å². The summed E-state index contributed by atoms with van der Waals surface area (Å²) in [6.07, 6.45) is 2.54. The second kappa shape index (κ2) is 6.62. The van der Waals surface area contributed by atoms with E-state index in [9.17, 15) is 0 Å². The Balaban J connectivity index is 2.40. The number of nitrogens with two attached hydrogens (primary N) is 1. The summed E-state index contributed by atoms with van der Waals surface area (Å²) in [4.78, 5) is 0. The van der Waals surface area contributed by atoms with Gasteiger partial charge in [0.1, 0.15) is 0 Å². The van der Waals surface area contributed by atoms with Gasteiger partial charge in [0.05, 0.1) is 0 Å². The van der Waals surface area contributed by atoms with E-state index in [2.05, 4.69) is 19.1 Å². The van der Waals surface area contributed by atoms with E-state index in [-0.39, 0.29) is 0 Å². The summed E-state index contributed by atoms with van der Waals surface area (Å²) in [6, 6.07) is 15.7. The predicted molar refractivity (Wildman–Crippen MR) is 87.4 cm³/mol. The van der Waals surface area contributed by atoms with Crippen LogP contribution < -0.4 is 5.73 Å². The maximum atomic E-state index is 6.68. The van der Waals surface area contributed by atoms with Crippen molar-refractivity contribution in [1.82, 2.24) is 0 Å². The Hall–Kier alpha value is -1.02. The van der Waals surface area contributed by atoms with E-state index in [0.717, 1.165) is 24.0 Å². The molecule has 0 aliphatic heterocycles. The van der Waals surface area contributed by atoms with Crippen LogP contribution in [-0.2, 0) is 12.0 Å². The molecule has 0 aromatic heterocycles. The van der Waals surface area contributed by atoms with Gasteiger partial charge in [-0.3, -0.25) is 0 Å². The second-order valence-corrected chi connectivity index (χ2v) is 5.96. The molecule has 0 spiro atoms. The number of rotatable bonds is 5. The minimum Gasteiger partial charge on any atom is -0.321 e. The summed E-state index contributed by atoms with van der Waals surface area (Å²) in [6.45, 7) is 2.14. The quantitative estimate of drug-likeness (QED) is 0.808. The third kappa shape index (κ3) is 3.35. The summed E-state index contributed by atoms with van der Waals surface area (Å²) in [5.41, 5.74) is 8.29. The molecule has 0 heterocycles. The second-order valence-electron chi connectivity index (χ2n) is 5.15. The summed E-state index contributed by atoms with van der Waals surface area (Å²) in [5, 5.41) is 1.36. The standard InChI is InChI=1S/C17H19Cl2N/c1-2-11-17(20,13-7-4-3-5-8-13)12-14-15(18)9-6-10-16(14)19/h3-10H,2,11-12,20H2,1H3. The van der Waals surface area contributed by atoms with Crippen molar-refractivity contribution in [3.8, 4) is 0 Å². The number of benzene rings is 2.